The van der Waals surface area contributed by atoms with E-state index in [4.69, 9.17) is 0 Å². The Labute approximate surface area is 109 Å². The van der Waals surface area contributed by atoms with Crippen LogP contribution in [0.3, 0.4) is 0 Å². The summed E-state index contributed by atoms with van der Waals surface area (Å²) < 4.78 is 13.9. The summed E-state index contributed by atoms with van der Waals surface area (Å²) in [5, 5.41) is 3.44. The predicted octanol–water partition coefficient (Wildman–Crippen LogP) is 2.60. The largest absolute Gasteiger partial charge is 0.308 e. The van der Waals surface area contributed by atoms with E-state index in [0.29, 0.717) is 5.56 Å². The molecule has 102 valence electrons. The Morgan fingerprint density at radius 2 is 2.11 bits per heavy atom. The molecule has 0 amide bonds. The Balaban J connectivity index is 3.09. The van der Waals surface area contributed by atoms with Gasteiger partial charge < -0.3 is 10.2 Å². The maximum atomic E-state index is 13.9. The molecule has 3 nitrogen and oxygen atoms in total. The van der Waals surface area contributed by atoms with Gasteiger partial charge in [0.25, 0.3) is 0 Å². The molecule has 0 fully saturated rings. The van der Waals surface area contributed by atoms with Crippen molar-refractivity contribution in [3.8, 4) is 0 Å². The molecule has 0 bridgehead atoms. The van der Waals surface area contributed by atoms with E-state index in [1.54, 1.807) is 12.3 Å². The van der Waals surface area contributed by atoms with E-state index in [1.165, 1.54) is 6.20 Å². The first-order valence-electron chi connectivity index (χ1n) is 6.41. The Morgan fingerprint density at radius 1 is 1.44 bits per heavy atom. The van der Waals surface area contributed by atoms with Crippen LogP contribution in [0.15, 0.2) is 18.5 Å². The van der Waals surface area contributed by atoms with Gasteiger partial charge in [0.05, 0.1) is 12.2 Å². The van der Waals surface area contributed by atoms with Crippen LogP contribution in [0.2, 0.25) is 0 Å². The number of aromatic nitrogens is 1. The number of pyridine rings is 1. The average Bonchev–Trinajstić information content (AvgIpc) is 2.31. The third-order valence-electron chi connectivity index (χ3n) is 3.57. The van der Waals surface area contributed by atoms with Gasteiger partial charge in [0.2, 0.25) is 0 Å². The van der Waals surface area contributed by atoms with Crippen molar-refractivity contribution in [3.05, 3.63) is 29.8 Å². The summed E-state index contributed by atoms with van der Waals surface area (Å²) in [6, 6.07) is 1.70. The molecule has 4 heteroatoms. The lowest BCUT2D eigenvalue weighted by Gasteiger charge is -2.41. The lowest BCUT2D eigenvalue weighted by molar-refractivity contribution is 0.135. The van der Waals surface area contributed by atoms with Gasteiger partial charge in [0, 0.05) is 17.3 Å². The number of nitrogens with zero attached hydrogens (tertiary/aromatic N) is 2. The molecular weight excluding hydrogens is 229 g/mol. The third-order valence-corrected chi connectivity index (χ3v) is 3.57. The molecule has 1 heterocycles. The summed E-state index contributed by atoms with van der Waals surface area (Å²) in [5.74, 6) is -0.249. The average molecular weight is 253 g/mol. The van der Waals surface area contributed by atoms with Crippen molar-refractivity contribution < 1.29 is 4.39 Å². The van der Waals surface area contributed by atoms with Crippen molar-refractivity contribution in [2.45, 2.75) is 38.8 Å². The summed E-state index contributed by atoms with van der Waals surface area (Å²) >= 11 is 0. The SMILES string of the molecule is CCCNC(c1ccncc1F)C(C)(C)N(C)C. The maximum Gasteiger partial charge on any atom is 0.146 e. The van der Waals surface area contributed by atoms with E-state index in [0.717, 1.165) is 13.0 Å². The minimum atomic E-state index is -0.249. The molecule has 0 aliphatic heterocycles. The van der Waals surface area contributed by atoms with Crippen LogP contribution in [0.4, 0.5) is 4.39 Å². The van der Waals surface area contributed by atoms with Crippen LogP contribution < -0.4 is 5.32 Å². The summed E-state index contributed by atoms with van der Waals surface area (Å²) in [6.45, 7) is 7.19. The van der Waals surface area contributed by atoms with Crippen molar-refractivity contribution in [2.24, 2.45) is 0 Å². The van der Waals surface area contributed by atoms with Gasteiger partial charge in [0.1, 0.15) is 5.82 Å². The molecule has 0 aliphatic carbocycles. The highest BCUT2D eigenvalue weighted by Gasteiger charge is 2.33. The third kappa shape index (κ3) is 3.27. The van der Waals surface area contributed by atoms with Gasteiger partial charge in [-0.25, -0.2) is 4.39 Å². The van der Waals surface area contributed by atoms with Crippen LogP contribution in [-0.2, 0) is 0 Å². The molecule has 0 radical (unpaired) electrons. The molecule has 0 spiro atoms. The highest BCUT2D eigenvalue weighted by Crippen LogP contribution is 2.30. The van der Waals surface area contributed by atoms with E-state index in [2.05, 4.69) is 36.0 Å². The normalized spacial score (nSPS) is 13.9. The topological polar surface area (TPSA) is 28.2 Å². The van der Waals surface area contributed by atoms with Crippen LogP contribution in [0.25, 0.3) is 0 Å². The standard InChI is InChI=1S/C14H24FN3/c1-6-8-17-13(14(2,3)18(4)5)11-7-9-16-10-12(11)15/h7,9-10,13,17H,6,8H2,1-5H3. The van der Waals surface area contributed by atoms with Gasteiger partial charge in [-0.2, -0.15) is 0 Å². The summed E-state index contributed by atoms with van der Waals surface area (Å²) in [7, 11) is 4.03. The minimum absolute atomic E-state index is 0.0598. The van der Waals surface area contributed by atoms with Crippen molar-refractivity contribution >= 4 is 0 Å². The van der Waals surface area contributed by atoms with E-state index < -0.39 is 0 Å². The van der Waals surface area contributed by atoms with Crippen molar-refractivity contribution in [2.75, 3.05) is 20.6 Å². The highest BCUT2D eigenvalue weighted by atomic mass is 19.1. The molecule has 0 saturated carbocycles. The molecule has 1 unspecified atom stereocenters. The fourth-order valence-corrected chi connectivity index (χ4v) is 1.91. The first kappa shape index (κ1) is 15.1. The molecule has 1 aromatic heterocycles. The van der Waals surface area contributed by atoms with Crippen molar-refractivity contribution in [3.63, 3.8) is 0 Å². The van der Waals surface area contributed by atoms with Gasteiger partial charge in [-0.15, -0.1) is 0 Å². The van der Waals surface area contributed by atoms with Gasteiger partial charge in [0.15, 0.2) is 0 Å². The van der Waals surface area contributed by atoms with Crippen LogP contribution >= 0.6 is 0 Å². The van der Waals surface area contributed by atoms with Crippen LogP contribution in [0, 0.1) is 5.82 Å². The number of hydrogen-bond acceptors (Lipinski definition) is 3. The lowest BCUT2D eigenvalue weighted by Crippen LogP contribution is -2.49. The van der Waals surface area contributed by atoms with Crippen LogP contribution in [-0.4, -0.2) is 36.1 Å². The molecule has 18 heavy (non-hydrogen) atoms. The smallest absolute Gasteiger partial charge is 0.146 e. The number of likely N-dealkylation sites (N-methyl/N-ethyl adjacent to an activating group) is 1. The molecule has 1 atom stereocenters. The molecule has 1 N–H and O–H groups in total. The van der Waals surface area contributed by atoms with Crippen LogP contribution in [0.5, 0.6) is 0 Å². The molecule has 0 saturated heterocycles. The summed E-state index contributed by atoms with van der Waals surface area (Å²) in [4.78, 5) is 5.93. The summed E-state index contributed by atoms with van der Waals surface area (Å²) in [6.07, 6.45) is 3.94. The Hall–Kier alpha value is -1.00. The Kier molecular flexibility index (Phi) is 5.23. The zero-order chi connectivity index (χ0) is 13.8. The van der Waals surface area contributed by atoms with E-state index in [-0.39, 0.29) is 17.4 Å². The van der Waals surface area contributed by atoms with Crippen LogP contribution in [0.1, 0.15) is 38.8 Å². The summed E-state index contributed by atoms with van der Waals surface area (Å²) in [5.41, 5.74) is 0.495. The fourth-order valence-electron chi connectivity index (χ4n) is 1.91. The van der Waals surface area contributed by atoms with Gasteiger partial charge in [-0.3, -0.25) is 4.98 Å². The zero-order valence-electron chi connectivity index (χ0n) is 12.0. The first-order valence-corrected chi connectivity index (χ1v) is 6.41. The molecule has 1 aromatic rings. The minimum Gasteiger partial charge on any atom is -0.308 e. The highest BCUT2D eigenvalue weighted by molar-refractivity contribution is 5.21. The van der Waals surface area contributed by atoms with Gasteiger partial charge in [-0.1, -0.05) is 6.92 Å². The number of rotatable bonds is 6. The second kappa shape index (κ2) is 6.25. The van der Waals surface area contributed by atoms with E-state index >= 15 is 0 Å². The zero-order valence-corrected chi connectivity index (χ0v) is 12.0. The van der Waals surface area contributed by atoms with E-state index in [9.17, 15) is 4.39 Å². The second-order valence-corrected chi connectivity index (χ2v) is 5.33. The quantitative estimate of drug-likeness (QED) is 0.844. The van der Waals surface area contributed by atoms with Crippen molar-refractivity contribution in [1.82, 2.24) is 15.2 Å². The predicted molar refractivity (Wildman–Crippen MR) is 73.0 cm³/mol. The maximum absolute atomic E-state index is 13.9. The van der Waals surface area contributed by atoms with Gasteiger partial charge >= 0.3 is 0 Å². The molecule has 1 rings (SSSR count). The molecule has 0 aromatic carbocycles. The number of nitrogens with one attached hydrogen (secondary N) is 1. The number of hydrogen-bond donors (Lipinski definition) is 1. The fraction of sp³-hybridized carbons (Fsp3) is 0.643. The lowest BCUT2D eigenvalue weighted by atomic mass is 9.87. The Bertz CT molecular complexity index is 377. The second-order valence-electron chi connectivity index (χ2n) is 5.33. The van der Waals surface area contributed by atoms with E-state index in [1.807, 2.05) is 14.1 Å². The van der Waals surface area contributed by atoms with Crippen molar-refractivity contribution in [1.29, 1.82) is 0 Å². The monoisotopic (exact) mass is 253 g/mol. The Morgan fingerprint density at radius 3 is 2.61 bits per heavy atom. The first-order chi connectivity index (χ1) is 8.41. The number of halogens is 1. The van der Waals surface area contributed by atoms with Gasteiger partial charge in [-0.05, 0) is 47.0 Å². The molecule has 0 aliphatic rings. The molecular formula is C14H24FN3.